The van der Waals surface area contributed by atoms with Gasteiger partial charge in [0.25, 0.3) is 0 Å². The SMILES string of the molecule is Cc1nc(Br)cc(NCc2cccc3cccnc23)n1. The number of aromatic nitrogens is 3. The summed E-state index contributed by atoms with van der Waals surface area (Å²) in [4.78, 5) is 13.0. The Morgan fingerprint density at radius 3 is 2.85 bits per heavy atom. The number of nitrogens with one attached hydrogen (secondary N) is 1. The number of nitrogens with zero attached hydrogens (tertiary/aromatic N) is 3. The van der Waals surface area contributed by atoms with E-state index in [1.165, 1.54) is 0 Å². The molecule has 5 heteroatoms. The third-order valence-electron chi connectivity index (χ3n) is 2.98. The summed E-state index contributed by atoms with van der Waals surface area (Å²) in [6, 6.07) is 12.1. The van der Waals surface area contributed by atoms with Crippen LogP contribution in [0.4, 0.5) is 5.82 Å². The van der Waals surface area contributed by atoms with Gasteiger partial charge in [-0.15, -0.1) is 0 Å². The number of para-hydroxylation sites is 1. The monoisotopic (exact) mass is 328 g/mol. The van der Waals surface area contributed by atoms with E-state index in [1.54, 1.807) is 0 Å². The molecule has 1 aromatic carbocycles. The number of benzene rings is 1. The number of anilines is 1. The molecule has 0 bridgehead atoms. The van der Waals surface area contributed by atoms with Gasteiger partial charge in [0.2, 0.25) is 0 Å². The second-order valence-electron chi connectivity index (χ2n) is 4.47. The molecule has 0 atom stereocenters. The van der Waals surface area contributed by atoms with E-state index in [1.807, 2.05) is 31.3 Å². The summed E-state index contributed by atoms with van der Waals surface area (Å²) in [6.07, 6.45) is 1.82. The van der Waals surface area contributed by atoms with E-state index < -0.39 is 0 Å². The fourth-order valence-electron chi connectivity index (χ4n) is 2.12. The second-order valence-corrected chi connectivity index (χ2v) is 5.28. The molecule has 2 heterocycles. The van der Waals surface area contributed by atoms with Crippen molar-refractivity contribution >= 4 is 32.7 Å². The number of hydrogen-bond acceptors (Lipinski definition) is 4. The van der Waals surface area contributed by atoms with Crippen molar-refractivity contribution in [3.05, 3.63) is 58.6 Å². The first-order valence-corrected chi connectivity index (χ1v) is 7.09. The van der Waals surface area contributed by atoms with Gasteiger partial charge in [0, 0.05) is 24.2 Å². The van der Waals surface area contributed by atoms with Crippen LogP contribution in [0, 0.1) is 6.92 Å². The van der Waals surface area contributed by atoms with Crippen molar-refractivity contribution in [3.63, 3.8) is 0 Å². The highest BCUT2D eigenvalue weighted by Crippen LogP contribution is 2.18. The third kappa shape index (κ3) is 2.77. The Morgan fingerprint density at radius 1 is 1.15 bits per heavy atom. The number of pyridine rings is 1. The molecule has 100 valence electrons. The molecule has 0 fully saturated rings. The molecular formula is C15H13BrN4. The molecule has 0 radical (unpaired) electrons. The van der Waals surface area contributed by atoms with Crippen LogP contribution in [0.3, 0.4) is 0 Å². The molecule has 0 aliphatic rings. The van der Waals surface area contributed by atoms with Crippen molar-refractivity contribution in [2.75, 3.05) is 5.32 Å². The summed E-state index contributed by atoms with van der Waals surface area (Å²) in [6.45, 7) is 2.55. The summed E-state index contributed by atoms with van der Waals surface area (Å²) < 4.78 is 0.781. The van der Waals surface area contributed by atoms with Crippen molar-refractivity contribution in [1.82, 2.24) is 15.0 Å². The standard InChI is InChI=1S/C15H13BrN4/c1-10-19-13(16)8-14(20-10)18-9-12-5-2-4-11-6-3-7-17-15(11)12/h2-8H,9H2,1H3,(H,18,19,20). The first kappa shape index (κ1) is 13.0. The predicted molar refractivity (Wildman–Crippen MR) is 83.5 cm³/mol. The van der Waals surface area contributed by atoms with Gasteiger partial charge in [0.05, 0.1) is 5.52 Å². The maximum atomic E-state index is 4.45. The second kappa shape index (κ2) is 5.54. The molecule has 0 aliphatic heterocycles. The Bertz CT molecular complexity index is 732. The molecule has 0 unspecified atom stereocenters. The summed E-state index contributed by atoms with van der Waals surface area (Å²) in [5, 5.41) is 4.46. The largest absolute Gasteiger partial charge is 0.366 e. The van der Waals surface area contributed by atoms with E-state index in [2.05, 4.69) is 54.4 Å². The fourth-order valence-corrected chi connectivity index (χ4v) is 2.59. The van der Waals surface area contributed by atoms with Crippen LogP contribution in [-0.4, -0.2) is 15.0 Å². The van der Waals surface area contributed by atoms with Gasteiger partial charge in [0.15, 0.2) is 0 Å². The minimum Gasteiger partial charge on any atom is -0.366 e. The van der Waals surface area contributed by atoms with E-state index >= 15 is 0 Å². The Kier molecular flexibility index (Phi) is 3.60. The minimum absolute atomic E-state index is 0.678. The minimum atomic E-state index is 0.678. The molecule has 4 nitrogen and oxygen atoms in total. The van der Waals surface area contributed by atoms with E-state index in [9.17, 15) is 0 Å². The highest BCUT2D eigenvalue weighted by Gasteiger charge is 2.03. The van der Waals surface area contributed by atoms with E-state index in [0.717, 1.165) is 32.7 Å². The number of hydrogen-bond donors (Lipinski definition) is 1. The van der Waals surface area contributed by atoms with Gasteiger partial charge >= 0.3 is 0 Å². The van der Waals surface area contributed by atoms with E-state index in [4.69, 9.17) is 0 Å². The number of rotatable bonds is 3. The maximum absolute atomic E-state index is 4.45. The van der Waals surface area contributed by atoms with Crippen LogP contribution in [0.25, 0.3) is 10.9 Å². The highest BCUT2D eigenvalue weighted by atomic mass is 79.9. The third-order valence-corrected chi connectivity index (χ3v) is 3.39. The lowest BCUT2D eigenvalue weighted by atomic mass is 10.1. The lowest BCUT2D eigenvalue weighted by molar-refractivity contribution is 1.01. The lowest BCUT2D eigenvalue weighted by Crippen LogP contribution is -2.04. The Hall–Kier alpha value is -2.01. The van der Waals surface area contributed by atoms with Crippen LogP contribution in [0.5, 0.6) is 0 Å². The maximum Gasteiger partial charge on any atom is 0.131 e. The van der Waals surface area contributed by atoms with Gasteiger partial charge in [-0.05, 0) is 34.5 Å². The topological polar surface area (TPSA) is 50.7 Å². The zero-order valence-corrected chi connectivity index (χ0v) is 12.6. The van der Waals surface area contributed by atoms with E-state index in [0.29, 0.717) is 6.54 Å². The van der Waals surface area contributed by atoms with Gasteiger partial charge in [-0.3, -0.25) is 4.98 Å². The lowest BCUT2D eigenvalue weighted by Gasteiger charge is -2.08. The first-order chi connectivity index (χ1) is 9.72. The summed E-state index contributed by atoms with van der Waals surface area (Å²) in [7, 11) is 0. The average Bonchev–Trinajstić information content (AvgIpc) is 2.44. The smallest absolute Gasteiger partial charge is 0.131 e. The Labute approximate surface area is 125 Å². The molecule has 0 saturated heterocycles. The first-order valence-electron chi connectivity index (χ1n) is 6.30. The normalized spacial score (nSPS) is 10.7. The summed E-state index contributed by atoms with van der Waals surface area (Å²) in [5.74, 6) is 1.54. The summed E-state index contributed by atoms with van der Waals surface area (Å²) in [5.41, 5.74) is 2.17. The van der Waals surface area contributed by atoms with Gasteiger partial charge in [0.1, 0.15) is 16.2 Å². The van der Waals surface area contributed by atoms with Crippen LogP contribution in [0.2, 0.25) is 0 Å². The van der Waals surface area contributed by atoms with Crippen molar-refractivity contribution in [2.45, 2.75) is 13.5 Å². The predicted octanol–water partition coefficient (Wildman–Crippen LogP) is 3.71. The highest BCUT2D eigenvalue weighted by molar-refractivity contribution is 9.10. The van der Waals surface area contributed by atoms with Gasteiger partial charge < -0.3 is 5.32 Å². The zero-order chi connectivity index (χ0) is 13.9. The van der Waals surface area contributed by atoms with Gasteiger partial charge in [-0.2, -0.15) is 0 Å². The molecule has 3 aromatic rings. The molecule has 0 amide bonds. The molecule has 0 aliphatic carbocycles. The van der Waals surface area contributed by atoms with Crippen LogP contribution in [-0.2, 0) is 6.54 Å². The Balaban J connectivity index is 1.87. The molecule has 0 spiro atoms. The molecule has 3 rings (SSSR count). The van der Waals surface area contributed by atoms with Gasteiger partial charge in [-0.25, -0.2) is 9.97 Å². The fraction of sp³-hybridized carbons (Fsp3) is 0.133. The van der Waals surface area contributed by atoms with Crippen LogP contribution in [0.1, 0.15) is 11.4 Å². The number of halogens is 1. The molecule has 2 aromatic heterocycles. The molecule has 20 heavy (non-hydrogen) atoms. The zero-order valence-electron chi connectivity index (χ0n) is 11.0. The number of fused-ring (bicyclic) bond motifs is 1. The van der Waals surface area contributed by atoms with Crippen molar-refractivity contribution < 1.29 is 0 Å². The van der Waals surface area contributed by atoms with Crippen LogP contribution < -0.4 is 5.32 Å². The van der Waals surface area contributed by atoms with Crippen molar-refractivity contribution in [2.24, 2.45) is 0 Å². The van der Waals surface area contributed by atoms with Crippen LogP contribution >= 0.6 is 15.9 Å². The van der Waals surface area contributed by atoms with Crippen molar-refractivity contribution in [3.8, 4) is 0 Å². The molecular weight excluding hydrogens is 316 g/mol. The van der Waals surface area contributed by atoms with Crippen LogP contribution in [0.15, 0.2) is 47.2 Å². The quantitative estimate of drug-likeness (QED) is 0.744. The molecule has 1 N–H and O–H groups in total. The molecule has 0 saturated carbocycles. The van der Waals surface area contributed by atoms with Gasteiger partial charge in [-0.1, -0.05) is 24.3 Å². The van der Waals surface area contributed by atoms with E-state index in [-0.39, 0.29) is 0 Å². The average molecular weight is 329 g/mol. The van der Waals surface area contributed by atoms with Crippen molar-refractivity contribution in [1.29, 1.82) is 0 Å². The summed E-state index contributed by atoms with van der Waals surface area (Å²) >= 11 is 3.38. The Morgan fingerprint density at radius 2 is 2.00 bits per heavy atom. The number of aryl methyl sites for hydroxylation is 1.